The fourth-order valence-electron chi connectivity index (χ4n) is 4.09. The molecule has 0 unspecified atom stereocenters. The van der Waals surface area contributed by atoms with E-state index in [2.05, 4.69) is 59.2 Å². The van der Waals surface area contributed by atoms with Crippen LogP contribution >= 0.6 is 0 Å². The Labute approximate surface area is 177 Å². The zero-order valence-corrected chi connectivity index (χ0v) is 18.0. The van der Waals surface area contributed by atoms with E-state index in [0.29, 0.717) is 5.56 Å². The van der Waals surface area contributed by atoms with Crippen molar-refractivity contribution in [1.29, 1.82) is 0 Å². The van der Waals surface area contributed by atoms with Crippen molar-refractivity contribution in [1.82, 2.24) is 19.7 Å². The quantitative estimate of drug-likeness (QED) is 0.494. The molecule has 1 N–H and O–H groups in total. The molecule has 1 amide bonds. The molecule has 4 aromatic rings. The molecule has 0 fully saturated rings. The van der Waals surface area contributed by atoms with Crippen molar-refractivity contribution in [2.75, 3.05) is 0 Å². The molecular formula is C25H28N4O. The normalized spacial score (nSPS) is 12.3. The summed E-state index contributed by atoms with van der Waals surface area (Å²) in [6.07, 6.45) is 1.77. The number of aryl methyl sites for hydroxylation is 2. The molecule has 0 saturated heterocycles. The van der Waals surface area contributed by atoms with E-state index >= 15 is 0 Å². The smallest absolute Gasteiger partial charge is 0.251 e. The van der Waals surface area contributed by atoms with Crippen molar-refractivity contribution >= 4 is 16.8 Å². The van der Waals surface area contributed by atoms with E-state index in [1.54, 1.807) is 6.20 Å². The van der Waals surface area contributed by atoms with Crippen LogP contribution in [0.25, 0.3) is 10.9 Å². The molecule has 0 aliphatic heterocycles. The molecule has 0 aliphatic rings. The molecule has 5 heteroatoms. The third-order valence-electron chi connectivity index (χ3n) is 5.92. The lowest BCUT2D eigenvalue weighted by Crippen LogP contribution is -2.28. The van der Waals surface area contributed by atoms with E-state index in [1.165, 1.54) is 16.8 Å². The summed E-state index contributed by atoms with van der Waals surface area (Å²) >= 11 is 0. The van der Waals surface area contributed by atoms with Crippen LogP contribution in [0.3, 0.4) is 0 Å². The van der Waals surface area contributed by atoms with E-state index in [1.807, 2.05) is 42.8 Å². The number of amides is 1. The molecule has 0 saturated carbocycles. The zero-order valence-electron chi connectivity index (χ0n) is 18.0. The molecule has 5 nitrogen and oxygen atoms in total. The molecule has 1 atom stereocenters. The predicted molar refractivity (Wildman–Crippen MR) is 121 cm³/mol. The Bertz CT molecular complexity index is 1190. The molecule has 0 radical (unpaired) electrons. The first-order chi connectivity index (χ1) is 14.5. The summed E-state index contributed by atoms with van der Waals surface area (Å²) in [4.78, 5) is 12.9. The summed E-state index contributed by atoms with van der Waals surface area (Å²) in [5.74, 6) is -0.0684. The largest absolute Gasteiger partial charge is 0.344 e. The summed E-state index contributed by atoms with van der Waals surface area (Å²) in [7, 11) is 0. The number of aromatic nitrogens is 3. The topological polar surface area (TPSA) is 51.9 Å². The molecule has 4 rings (SSSR count). The minimum Gasteiger partial charge on any atom is -0.344 e. The number of hydrogen-bond donors (Lipinski definition) is 1. The third kappa shape index (κ3) is 3.63. The van der Waals surface area contributed by atoms with Gasteiger partial charge in [0.25, 0.3) is 5.91 Å². The number of nitrogens with one attached hydrogen (secondary N) is 1. The highest BCUT2D eigenvalue weighted by Gasteiger charge is 2.17. The fourth-order valence-corrected chi connectivity index (χ4v) is 4.09. The van der Waals surface area contributed by atoms with Gasteiger partial charge in [0, 0.05) is 41.4 Å². The van der Waals surface area contributed by atoms with E-state index in [-0.39, 0.29) is 11.9 Å². The molecule has 2 heterocycles. The maximum absolute atomic E-state index is 12.9. The number of nitrogens with zero attached hydrogens (tertiary/aromatic N) is 3. The number of carbonyl (C=O) groups excluding carboxylic acids is 1. The van der Waals surface area contributed by atoms with Gasteiger partial charge >= 0.3 is 0 Å². The molecule has 2 aromatic heterocycles. The Morgan fingerprint density at radius 2 is 1.87 bits per heavy atom. The lowest BCUT2D eigenvalue weighted by atomic mass is 10.1. The molecule has 154 valence electrons. The maximum atomic E-state index is 12.9. The van der Waals surface area contributed by atoms with Crippen LogP contribution in [0.2, 0.25) is 0 Å². The summed E-state index contributed by atoms with van der Waals surface area (Å²) in [5.41, 5.74) is 6.55. The predicted octanol–water partition coefficient (Wildman–Crippen LogP) is 5.01. The van der Waals surface area contributed by atoms with Gasteiger partial charge in [-0.25, -0.2) is 0 Å². The van der Waals surface area contributed by atoms with Gasteiger partial charge in [-0.15, -0.1) is 0 Å². The van der Waals surface area contributed by atoms with Crippen molar-refractivity contribution in [3.8, 4) is 0 Å². The summed E-state index contributed by atoms with van der Waals surface area (Å²) < 4.78 is 4.23. The van der Waals surface area contributed by atoms with Crippen LogP contribution in [-0.4, -0.2) is 20.3 Å². The number of benzene rings is 2. The first kappa shape index (κ1) is 20.0. The maximum Gasteiger partial charge on any atom is 0.251 e. The highest BCUT2D eigenvalue weighted by atomic mass is 16.1. The van der Waals surface area contributed by atoms with Gasteiger partial charge in [0.1, 0.15) is 0 Å². The second kappa shape index (κ2) is 8.19. The number of hydrogen-bond acceptors (Lipinski definition) is 2. The van der Waals surface area contributed by atoms with Gasteiger partial charge < -0.3 is 9.88 Å². The molecule has 0 bridgehead atoms. The zero-order chi connectivity index (χ0) is 21.3. The minimum absolute atomic E-state index is 0.0684. The van der Waals surface area contributed by atoms with Crippen molar-refractivity contribution in [3.05, 3.63) is 88.9 Å². The van der Waals surface area contributed by atoms with E-state index < -0.39 is 0 Å². The van der Waals surface area contributed by atoms with Gasteiger partial charge in [0.2, 0.25) is 0 Å². The lowest BCUT2D eigenvalue weighted by molar-refractivity contribution is 0.0938. The minimum atomic E-state index is -0.110. The average molecular weight is 401 g/mol. The van der Waals surface area contributed by atoms with Crippen molar-refractivity contribution in [2.24, 2.45) is 0 Å². The van der Waals surface area contributed by atoms with Gasteiger partial charge in [-0.1, -0.05) is 30.3 Å². The Hall–Kier alpha value is -3.34. The monoisotopic (exact) mass is 400 g/mol. The van der Waals surface area contributed by atoms with Crippen molar-refractivity contribution in [2.45, 2.75) is 46.8 Å². The molecule has 0 spiro atoms. The standard InChI is InChI=1S/C25H28N4O/c1-5-29-23(13-14-26-29)18(3)27-25(30)21-11-12-24-22(15-21)17(2)19(4)28(24)16-20-9-7-6-8-10-20/h6-15,18H,5,16H2,1-4H3,(H,27,30)/t18-/m0/s1. The highest BCUT2D eigenvalue weighted by molar-refractivity contribution is 5.99. The van der Waals surface area contributed by atoms with Crippen molar-refractivity contribution in [3.63, 3.8) is 0 Å². The Balaban J connectivity index is 1.62. The Kier molecular flexibility index (Phi) is 5.44. The second-order valence-electron chi connectivity index (χ2n) is 7.78. The SMILES string of the molecule is CCn1nccc1[C@H](C)NC(=O)c1ccc2c(c1)c(C)c(C)n2Cc1ccccc1. The van der Waals surface area contributed by atoms with E-state index in [4.69, 9.17) is 0 Å². The van der Waals surface area contributed by atoms with Gasteiger partial charge in [0.15, 0.2) is 0 Å². The second-order valence-corrected chi connectivity index (χ2v) is 7.78. The van der Waals surface area contributed by atoms with Gasteiger partial charge in [0.05, 0.1) is 11.7 Å². The van der Waals surface area contributed by atoms with Crippen LogP contribution < -0.4 is 5.32 Å². The van der Waals surface area contributed by atoms with Crippen molar-refractivity contribution < 1.29 is 4.79 Å². The van der Waals surface area contributed by atoms with E-state index in [0.717, 1.165) is 29.7 Å². The molecular weight excluding hydrogens is 372 g/mol. The first-order valence-electron chi connectivity index (χ1n) is 10.5. The fraction of sp³-hybridized carbons (Fsp3) is 0.280. The third-order valence-corrected chi connectivity index (χ3v) is 5.92. The summed E-state index contributed by atoms with van der Waals surface area (Å²) in [6, 6.07) is 18.3. The molecule has 0 aliphatic carbocycles. The summed E-state index contributed by atoms with van der Waals surface area (Å²) in [5, 5.41) is 8.54. The number of rotatable bonds is 6. The number of carbonyl (C=O) groups is 1. The average Bonchev–Trinajstić information content (AvgIpc) is 3.33. The Morgan fingerprint density at radius 1 is 1.10 bits per heavy atom. The highest BCUT2D eigenvalue weighted by Crippen LogP contribution is 2.27. The molecule has 2 aromatic carbocycles. The summed E-state index contributed by atoms with van der Waals surface area (Å²) in [6.45, 7) is 9.91. The molecule has 30 heavy (non-hydrogen) atoms. The lowest BCUT2D eigenvalue weighted by Gasteiger charge is -2.15. The van der Waals surface area contributed by atoms with Gasteiger partial charge in [-0.05, 0) is 63.1 Å². The Morgan fingerprint density at radius 3 is 2.60 bits per heavy atom. The van der Waals surface area contributed by atoms with Gasteiger partial charge in [-0.2, -0.15) is 5.10 Å². The van der Waals surface area contributed by atoms with Crippen LogP contribution in [0.15, 0.2) is 60.8 Å². The van der Waals surface area contributed by atoms with E-state index in [9.17, 15) is 4.79 Å². The van der Waals surface area contributed by atoms with Gasteiger partial charge in [-0.3, -0.25) is 9.48 Å². The number of fused-ring (bicyclic) bond motifs is 1. The van der Waals surface area contributed by atoms with Crippen LogP contribution in [-0.2, 0) is 13.1 Å². The van der Waals surface area contributed by atoms with Crippen LogP contribution in [0.1, 0.15) is 52.8 Å². The van der Waals surface area contributed by atoms with Crippen LogP contribution in [0.4, 0.5) is 0 Å². The first-order valence-corrected chi connectivity index (χ1v) is 10.5. The van der Waals surface area contributed by atoms with Crippen LogP contribution in [0, 0.1) is 13.8 Å². The van der Waals surface area contributed by atoms with Crippen LogP contribution in [0.5, 0.6) is 0 Å².